The lowest BCUT2D eigenvalue weighted by atomic mass is 10.1. The predicted octanol–water partition coefficient (Wildman–Crippen LogP) is 5.25. The van der Waals surface area contributed by atoms with Crippen LogP contribution in [0.4, 0.5) is 11.4 Å². The molecule has 107 valence electrons. The summed E-state index contributed by atoms with van der Waals surface area (Å²) < 4.78 is 0. The second kappa shape index (κ2) is 5.53. The molecule has 0 bridgehead atoms. The maximum atomic E-state index is 2.41. The van der Waals surface area contributed by atoms with Crippen molar-refractivity contribution in [1.29, 1.82) is 0 Å². The largest absolute Gasteiger partial charge is 0.344 e. The minimum absolute atomic E-state index is 0.365. The summed E-state index contributed by atoms with van der Waals surface area (Å²) in [5.41, 5.74) is 7.67. The third-order valence-electron chi connectivity index (χ3n) is 4.34. The summed E-state index contributed by atoms with van der Waals surface area (Å²) in [4.78, 5) is 2.29. The molecule has 0 fully saturated rings. The highest BCUT2D eigenvalue weighted by Crippen LogP contribution is 2.42. The Bertz CT molecular complexity index is 673. The number of anilines is 2. The topological polar surface area (TPSA) is 3.24 Å². The van der Waals surface area contributed by atoms with Gasteiger partial charge in [-0.2, -0.15) is 0 Å². The van der Waals surface area contributed by atoms with Crippen molar-refractivity contribution < 1.29 is 0 Å². The van der Waals surface area contributed by atoms with E-state index in [0.29, 0.717) is 5.54 Å². The second-order valence-electron chi connectivity index (χ2n) is 6.07. The number of hydrogen-bond donors (Lipinski definition) is 0. The smallest absolute Gasteiger partial charge is 0.0551 e. The molecule has 0 heterocycles. The number of fused-ring (bicyclic) bond motifs is 1. The van der Waals surface area contributed by atoms with Crippen LogP contribution in [0.25, 0.3) is 6.08 Å². The van der Waals surface area contributed by atoms with Crippen LogP contribution in [0, 0.1) is 0 Å². The summed E-state index contributed by atoms with van der Waals surface area (Å²) in [7, 11) is 1.79. The molecule has 0 aliphatic heterocycles. The fourth-order valence-electron chi connectivity index (χ4n) is 3.39. The van der Waals surface area contributed by atoms with Crippen LogP contribution in [0.1, 0.15) is 23.6 Å². The molecule has 1 aliphatic carbocycles. The molecule has 0 saturated heterocycles. The zero-order valence-corrected chi connectivity index (χ0v) is 14.2. The van der Waals surface area contributed by atoms with Crippen LogP contribution in [-0.2, 0) is 0 Å². The Balaban J connectivity index is 2.07. The van der Waals surface area contributed by atoms with Crippen molar-refractivity contribution >= 4 is 26.2 Å². The predicted molar refractivity (Wildman–Crippen MR) is 94.8 cm³/mol. The lowest BCUT2D eigenvalue weighted by Crippen LogP contribution is -2.16. The van der Waals surface area contributed by atoms with Gasteiger partial charge in [0.05, 0.1) is 8.80 Å². The van der Waals surface area contributed by atoms with E-state index in [1.165, 1.54) is 28.1 Å². The Kier molecular flexibility index (Phi) is 3.73. The SMILES string of the molecule is CC1=Cc2c(cccc2N(C)c2ccccc2)C1[Si](C)C. The van der Waals surface area contributed by atoms with Crippen molar-refractivity contribution in [1.82, 2.24) is 0 Å². The van der Waals surface area contributed by atoms with Gasteiger partial charge in [0.15, 0.2) is 0 Å². The van der Waals surface area contributed by atoms with Gasteiger partial charge in [-0.25, -0.2) is 0 Å². The molecule has 0 saturated carbocycles. The Morgan fingerprint density at radius 2 is 1.67 bits per heavy atom. The first-order valence-electron chi connectivity index (χ1n) is 7.49. The van der Waals surface area contributed by atoms with Crippen molar-refractivity contribution in [3.8, 4) is 0 Å². The maximum Gasteiger partial charge on any atom is 0.0551 e. The molecular weight excluding hydrogens is 270 g/mol. The number of benzene rings is 2. The molecule has 1 nitrogen and oxygen atoms in total. The molecule has 3 rings (SSSR count). The molecule has 0 spiro atoms. The van der Waals surface area contributed by atoms with Crippen molar-refractivity contribution in [2.45, 2.75) is 25.6 Å². The summed E-state index contributed by atoms with van der Waals surface area (Å²) in [5.74, 6) is 0. The van der Waals surface area contributed by atoms with E-state index >= 15 is 0 Å². The number of hydrogen-bond acceptors (Lipinski definition) is 1. The van der Waals surface area contributed by atoms with Crippen LogP contribution < -0.4 is 4.90 Å². The van der Waals surface area contributed by atoms with Crippen molar-refractivity contribution in [3.05, 3.63) is 65.2 Å². The van der Waals surface area contributed by atoms with Gasteiger partial charge in [0.1, 0.15) is 0 Å². The average molecular weight is 292 g/mol. The molecule has 2 heteroatoms. The quantitative estimate of drug-likeness (QED) is 0.698. The van der Waals surface area contributed by atoms with Crippen LogP contribution in [0.5, 0.6) is 0 Å². The highest BCUT2D eigenvalue weighted by atomic mass is 28.3. The van der Waals surface area contributed by atoms with E-state index in [2.05, 4.69) is 86.6 Å². The van der Waals surface area contributed by atoms with E-state index in [4.69, 9.17) is 0 Å². The highest BCUT2D eigenvalue weighted by Gasteiger charge is 2.28. The fraction of sp³-hybridized carbons (Fsp3) is 0.263. The van der Waals surface area contributed by atoms with Crippen LogP contribution >= 0.6 is 0 Å². The molecule has 21 heavy (non-hydrogen) atoms. The van der Waals surface area contributed by atoms with Gasteiger partial charge in [-0.05, 0) is 36.2 Å². The van der Waals surface area contributed by atoms with E-state index in [0.717, 1.165) is 0 Å². The molecule has 1 aliphatic rings. The van der Waals surface area contributed by atoms with E-state index in [1.54, 1.807) is 0 Å². The summed E-state index contributed by atoms with van der Waals surface area (Å²) in [5, 5.41) is 0. The third kappa shape index (κ3) is 2.44. The minimum Gasteiger partial charge on any atom is -0.344 e. The molecule has 0 amide bonds. The standard InChI is InChI=1S/C19H22NSi/c1-14-13-17-16(19(14)21(3)4)11-8-12-18(17)20(2)15-9-6-5-7-10-15/h5-13,19H,1-4H3. The van der Waals surface area contributed by atoms with Crippen LogP contribution in [-0.4, -0.2) is 15.8 Å². The van der Waals surface area contributed by atoms with Crippen molar-refractivity contribution in [2.24, 2.45) is 0 Å². The Morgan fingerprint density at radius 3 is 2.33 bits per heavy atom. The Labute approximate surface area is 129 Å². The fourth-order valence-corrected chi connectivity index (χ4v) is 5.25. The number of para-hydroxylation sites is 1. The van der Waals surface area contributed by atoms with Crippen LogP contribution in [0.2, 0.25) is 13.1 Å². The summed E-state index contributed by atoms with van der Waals surface area (Å²) >= 11 is 0. The van der Waals surface area contributed by atoms with E-state index < -0.39 is 0 Å². The molecule has 2 aromatic carbocycles. The molecule has 2 aromatic rings. The van der Waals surface area contributed by atoms with Gasteiger partial charge in [-0.15, -0.1) is 0 Å². The zero-order valence-electron chi connectivity index (χ0n) is 13.2. The van der Waals surface area contributed by atoms with Gasteiger partial charge in [-0.1, -0.05) is 55.1 Å². The van der Waals surface area contributed by atoms with E-state index in [1.807, 2.05) is 0 Å². The van der Waals surface area contributed by atoms with Gasteiger partial charge in [0.2, 0.25) is 0 Å². The summed E-state index contributed by atoms with van der Waals surface area (Å²) in [6.07, 6.45) is 2.40. The van der Waals surface area contributed by atoms with Gasteiger partial charge in [0, 0.05) is 24.0 Å². The van der Waals surface area contributed by atoms with Crippen LogP contribution in [0.3, 0.4) is 0 Å². The Hall–Kier alpha value is -1.80. The molecule has 1 atom stereocenters. The van der Waals surface area contributed by atoms with Gasteiger partial charge in [-0.3, -0.25) is 0 Å². The first-order valence-corrected chi connectivity index (χ1v) is 10.1. The average Bonchev–Trinajstić information content (AvgIpc) is 2.83. The highest BCUT2D eigenvalue weighted by molar-refractivity contribution is 6.58. The monoisotopic (exact) mass is 292 g/mol. The van der Waals surface area contributed by atoms with Crippen LogP contribution in [0.15, 0.2) is 54.1 Å². The molecule has 1 unspecified atom stereocenters. The molecule has 0 aromatic heterocycles. The first kappa shape index (κ1) is 14.1. The maximum absolute atomic E-state index is 2.41. The molecule has 1 radical (unpaired) electrons. The molecular formula is C19H22NSi. The number of rotatable bonds is 3. The first-order chi connectivity index (χ1) is 10.1. The second-order valence-corrected chi connectivity index (χ2v) is 8.81. The summed E-state index contributed by atoms with van der Waals surface area (Å²) in [6, 6.07) is 17.3. The lowest BCUT2D eigenvalue weighted by Gasteiger charge is -2.23. The van der Waals surface area contributed by atoms with Gasteiger partial charge < -0.3 is 4.90 Å². The van der Waals surface area contributed by atoms with Crippen molar-refractivity contribution in [2.75, 3.05) is 11.9 Å². The normalized spacial score (nSPS) is 16.8. The Morgan fingerprint density at radius 1 is 0.952 bits per heavy atom. The van der Waals surface area contributed by atoms with Crippen molar-refractivity contribution in [3.63, 3.8) is 0 Å². The number of nitrogens with zero attached hydrogens (tertiary/aromatic N) is 1. The third-order valence-corrected chi connectivity index (χ3v) is 6.26. The van der Waals surface area contributed by atoms with Gasteiger partial charge >= 0.3 is 0 Å². The van der Waals surface area contributed by atoms with E-state index in [9.17, 15) is 0 Å². The van der Waals surface area contributed by atoms with Gasteiger partial charge in [0.25, 0.3) is 0 Å². The minimum atomic E-state index is -0.365. The molecule has 0 N–H and O–H groups in total. The lowest BCUT2D eigenvalue weighted by molar-refractivity contribution is 1.10. The van der Waals surface area contributed by atoms with E-state index in [-0.39, 0.29) is 8.80 Å². The summed E-state index contributed by atoms with van der Waals surface area (Å²) in [6.45, 7) is 7.11. The zero-order chi connectivity index (χ0) is 15.0. The number of allylic oxidation sites excluding steroid dienone is 1.